The summed E-state index contributed by atoms with van der Waals surface area (Å²) in [5.41, 5.74) is 6.83. The van der Waals surface area contributed by atoms with Crippen molar-refractivity contribution in [2.45, 2.75) is 53.0 Å². The lowest BCUT2D eigenvalue weighted by molar-refractivity contribution is -0.117. The first-order valence-electron chi connectivity index (χ1n) is 9.94. The van der Waals surface area contributed by atoms with E-state index < -0.39 is 0 Å². The molecule has 0 radical (unpaired) electrons. The predicted octanol–water partition coefficient (Wildman–Crippen LogP) is 5.18. The summed E-state index contributed by atoms with van der Waals surface area (Å²) in [6.45, 7) is 9.26. The Kier molecular flexibility index (Phi) is 6.35. The van der Waals surface area contributed by atoms with Gasteiger partial charge >= 0.3 is 0 Å². The highest BCUT2D eigenvalue weighted by molar-refractivity contribution is 7.80. The SMILES string of the molecule is CC[C@@H](NC(=S)Nc1ccc(N2CCCC2=O)c(C)c1)c1ccc(C)c(C)c1. The molecule has 1 fully saturated rings. The predicted molar refractivity (Wildman–Crippen MR) is 121 cm³/mol. The van der Waals surface area contributed by atoms with Crippen LogP contribution in [0.3, 0.4) is 0 Å². The molecule has 2 aromatic rings. The minimum Gasteiger partial charge on any atom is -0.356 e. The van der Waals surface area contributed by atoms with Crippen LogP contribution in [-0.4, -0.2) is 17.6 Å². The summed E-state index contributed by atoms with van der Waals surface area (Å²) in [5.74, 6) is 0.208. The van der Waals surface area contributed by atoms with Crippen LogP contribution in [0.5, 0.6) is 0 Å². The van der Waals surface area contributed by atoms with Gasteiger partial charge in [-0.1, -0.05) is 25.1 Å². The number of benzene rings is 2. The summed E-state index contributed by atoms with van der Waals surface area (Å²) in [5, 5.41) is 7.33. The summed E-state index contributed by atoms with van der Waals surface area (Å²) in [4.78, 5) is 13.9. The zero-order chi connectivity index (χ0) is 20.3. The standard InChI is InChI=1S/C23H29N3OS/c1-5-20(18-9-8-15(2)16(3)13-18)25-23(28)24-19-10-11-21(17(4)14-19)26-12-6-7-22(26)27/h8-11,13-14,20H,5-7,12H2,1-4H3,(H2,24,25,28)/t20-/m1/s1. The van der Waals surface area contributed by atoms with Gasteiger partial charge in [0, 0.05) is 24.3 Å². The molecule has 0 unspecified atom stereocenters. The number of thiocarbonyl (C=S) groups is 1. The molecule has 1 heterocycles. The Hall–Kier alpha value is -2.40. The molecule has 1 atom stereocenters. The van der Waals surface area contributed by atoms with Crippen LogP contribution in [0.25, 0.3) is 0 Å². The van der Waals surface area contributed by atoms with Gasteiger partial charge in [-0.15, -0.1) is 0 Å². The fourth-order valence-electron chi connectivity index (χ4n) is 3.67. The highest BCUT2D eigenvalue weighted by atomic mass is 32.1. The molecular weight excluding hydrogens is 366 g/mol. The van der Waals surface area contributed by atoms with Crippen LogP contribution in [0.1, 0.15) is 54.5 Å². The summed E-state index contributed by atoms with van der Waals surface area (Å²) in [6.07, 6.45) is 2.52. The minimum absolute atomic E-state index is 0.168. The lowest BCUT2D eigenvalue weighted by Gasteiger charge is -2.22. The van der Waals surface area contributed by atoms with E-state index in [1.807, 2.05) is 30.0 Å². The average molecular weight is 396 g/mol. The van der Waals surface area contributed by atoms with E-state index in [9.17, 15) is 4.79 Å². The Balaban J connectivity index is 1.67. The zero-order valence-corrected chi connectivity index (χ0v) is 18.0. The van der Waals surface area contributed by atoms with Gasteiger partial charge in [0.25, 0.3) is 0 Å². The number of nitrogens with zero attached hydrogens (tertiary/aromatic N) is 1. The summed E-state index contributed by atoms with van der Waals surface area (Å²) in [6, 6.07) is 12.8. The Morgan fingerprint density at radius 3 is 2.50 bits per heavy atom. The van der Waals surface area contributed by atoms with Crippen LogP contribution in [0.4, 0.5) is 11.4 Å². The number of aryl methyl sites for hydroxylation is 3. The van der Waals surface area contributed by atoms with Crippen LogP contribution < -0.4 is 15.5 Å². The Morgan fingerprint density at radius 2 is 1.89 bits per heavy atom. The van der Waals surface area contributed by atoms with Crippen molar-refractivity contribution in [1.29, 1.82) is 0 Å². The van der Waals surface area contributed by atoms with Gasteiger partial charge in [-0.3, -0.25) is 4.79 Å². The Morgan fingerprint density at radius 1 is 1.11 bits per heavy atom. The average Bonchev–Trinajstić information content (AvgIpc) is 3.08. The number of amides is 1. The van der Waals surface area contributed by atoms with Gasteiger partial charge in [0.2, 0.25) is 5.91 Å². The van der Waals surface area contributed by atoms with Gasteiger partial charge in [-0.2, -0.15) is 0 Å². The number of nitrogens with one attached hydrogen (secondary N) is 2. The van der Waals surface area contributed by atoms with Crippen molar-refractivity contribution in [2.24, 2.45) is 0 Å². The third-order valence-electron chi connectivity index (χ3n) is 5.47. The van der Waals surface area contributed by atoms with Gasteiger partial charge in [-0.05, 0) is 86.3 Å². The molecule has 4 nitrogen and oxygen atoms in total. The van der Waals surface area contributed by atoms with E-state index in [1.165, 1.54) is 16.7 Å². The van der Waals surface area contributed by atoms with Crippen LogP contribution in [0.2, 0.25) is 0 Å². The molecule has 5 heteroatoms. The quantitative estimate of drug-likeness (QED) is 0.685. The first-order chi connectivity index (χ1) is 13.4. The number of carbonyl (C=O) groups excluding carboxylic acids is 1. The number of rotatable bonds is 5. The smallest absolute Gasteiger partial charge is 0.227 e. The third-order valence-corrected chi connectivity index (χ3v) is 5.69. The second kappa shape index (κ2) is 8.74. The molecule has 28 heavy (non-hydrogen) atoms. The van der Waals surface area contributed by atoms with E-state index in [0.29, 0.717) is 11.5 Å². The molecule has 0 aromatic heterocycles. The molecule has 0 bridgehead atoms. The number of hydrogen-bond donors (Lipinski definition) is 2. The Labute approximate surface area is 173 Å². The summed E-state index contributed by atoms with van der Waals surface area (Å²) in [7, 11) is 0. The number of hydrogen-bond acceptors (Lipinski definition) is 2. The number of carbonyl (C=O) groups is 1. The molecule has 1 aliphatic heterocycles. The van der Waals surface area contributed by atoms with Gasteiger partial charge < -0.3 is 15.5 Å². The van der Waals surface area contributed by atoms with E-state index in [2.05, 4.69) is 49.6 Å². The normalized spacial score (nSPS) is 14.9. The van der Waals surface area contributed by atoms with Crippen molar-refractivity contribution >= 4 is 34.6 Å². The van der Waals surface area contributed by atoms with Crippen molar-refractivity contribution in [3.05, 3.63) is 58.7 Å². The molecule has 1 amide bonds. The van der Waals surface area contributed by atoms with E-state index in [1.54, 1.807) is 0 Å². The third kappa shape index (κ3) is 4.53. The fourth-order valence-corrected chi connectivity index (χ4v) is 3.93. The molecule has 148 valence electrons. The topological polar surface area (TPSA) is 44.4 Å². The molecule has 1 aliphatic rings. The van der Waals surface area contributed by atoms with Crippen LogP contribution in [0, 0.1) is 20.8 Å². The van der Waals surface area contributed by atoms with Crippen molar-refractivity contribution in [1.82, 2.24) is 5.32 Å². The summed E-state index contributed by atoms with van der Waals surface area (Å²) < 4.78 is 0. The molecule has 0 aliphatic carbocycles. The van der Waals surface area contributed by atoms with E-state index in [4.69, 9.17) is 12.2 Å². The van der Waals surface area contributed by atoms with Gasteiger partial charge in [0.1, 0.15) is 0 Å². The Bertz CT molecular complexity index is 893. The van der Waals surface area contributed by atoms with E-state index in [-0.39, 0.29) is 11.9 Å². The van der Waals surface area contributed by atoms with Crippen molar-refractivity contribution in [2.75, 3.05) is 16.8 Å². The molecule has 0 saturated carbocycles. The molecular formula is C23H29N3OS. The maximum Gasteiger partial charge on any atom is 0.227 e. The van der Waals surface area contributed by atoms with Crippen LogP contribution >= 0.6 is 12.2 Å². The van der Waals surface area contributed by atoms with Gasteiger partial charge in [0.05, 0.1) is 6.04 Å². The minimum atomic E-state index is 0.168. The number of anilines is 2. The molecule has 3 rings (SSSR count). The lowest BCUT2D eigenvalue weighted by atomic mass is 9.99. The molecule has 2 aromatic carbocycles. The first kappa shape index (κ1) is 20.3. The monoisotopic (exact) mass is 395 g/mol. The summed E-state index contributed by atoms with van der Waals surface area (Å²) >= 11 is 5.55. The highest BCUT2D eigenvalue weighted by Crippen LogP contribution is 2.27. The molecule has 0 spiro atoms. The van der Waals surface area contributed by atoms with Crippen molar-refractivity contribution < 1.29 is 4.79 Å². The maximum atomic E-state index is 12.0. The van der Waals surface area contributed by atoms with Gasteiger partial charge in [-0.25, -0.2) is 0 Å². The molecule has 1 saturated heterocycles. The van der Waals surface area contributed by atoms with Gasteiger partial charge in [0.15, 0.2) is 5.11 Å². The van der Waals surface area contributed by atoms with Crippen molar-refractivity contribution in [3.63, 3.8) is 0 Å². The van der Waals surface area contributed by atoms with Crippen LogP contribution in [0.15, 0.2) is 36.4 Å². The van der Waals surface area contributed by atoms with Crippen LogP contribution in [-0.2, 0) is 4.79 Å². The second-order valence-corrected chi connectivity index (χ2v) is 7.96. The van der Waals surface area contributed by atoms with Crippen molar-refractivity contribution in [3.8, 4) is 0 Å². The van der Waals surface area contributed by atoms with E-state index in [0.717, 1.165) is 36.3 Å². The fraction of sp³-hybridized carbons (Fsp3) is 0.391. The molecule has 2 N–H and O–H groups in total. The highest BCUT2D eigenvalue weighted by Gasteiger charge is 2.23. The largest absolute Gasteiger partial charge is 0.356 e. The maximum absolute atomic E-state index is 12.0. The first-order valence-corrected chi connectivity index (χ1v) is 10.4. The zero-order valence-electron chi connectivity index (χ0n) is 17.1. The lowest BCUT2D eigenvalue weighted by Crippen LogP contribution is -2.32. The second-order valence-electron chi connectivity index (χ2n) is 7.55. The van der Waals surface area contributed by atoms with E-state index >= 15 is 0 Å².